The van der Waals surface area contributed by atoms with Crippen molar-refractivity contribution < 1.29 is 4.92 Å². The first-order valence-electron chi connectivity index (χ1n) is 5.26. The Labute approximate surface area is 123 Å². The van der Waals surface area contributed by atoms with Crippen molar-refractivity contribution in [3.63, 3.8) is 0 Å². The van der Waals surface area contributed by atoms with Crippen molar-refractivity contribution in [1.29, 1.82) is 0 Å². The fourth-order valence-corrected chi connectivity index (χ4v) is 2.82. The summed E-state index contributed by atoms with van der Waals surface area (Å²) >= 11 is 12.9. The van der Waals surface area contributed by atoms with E-state index >= 15 is 0 Å². The number of thiazole rings is 1. The Bertz CT molecular complexity index is 630. The zero-order valence-corrected chi connectivity index (χ0v) is 12.1. The second-order valence-electron chi connectivity index (χ2n) is 3.81. The molecule has 0 saturated heterocycles. The molecular weight excluding hydrogens is 309 g/mol. The van der Waals surface area contributed by atoms with E-state index in [4.69, 9.17) is 23.2 Å². The second-order valence-corrected chi connectivity index (χ2v) is 5.94. The topological polar surface area (TPSA) is 68.1 Å². The molecule has 0 aliphatic heterocycles. The van der Waals surface area contributed by atoms with Crippen LogP contribution in [0.1, 0.15) is 10.4 Å². The van der Waals surface area contributed by atoms with Crippen molar-refractivity contribution in [3.8, 4) is 0 Å². The van der Waals surface area contributed by atoms with E-state index in [9.17, 15) is 10.1 Å². The maximum Gasteiger partial charge on any atom is 0.294 e. The molecule has 1 heterocycles. The molecule has 2 rings (SSSR count). The van der Waals surface area contributed by atoms with E-state index < -0.39 is 4.92 Å². The van der Waals surface area contributed by atoms with E-state index in [1.165, 1.54) is 17.4 Å². The largest absolute Gasteiger partial charge is 0.374 e. The van der Waals surface area contributed by atoms with Crippen LogP contribution in [-0.2, 0) is 6.54 Å². The lowest BCUT2D eigenvalue weighted by molar-refractivity contribution is -0.384. The third kappa shape index (κ3) is 3.34. The molecule has 0 aliphatic rings. The summed E-state index contributed by atoms with van der Waals surface area (Å²) in [5.41, 5.74) is 1.13. The highest BCUT2D eigenvalue weighted by molar-refractivity contribution is 7.15. The predicted molar refractivity (Wildman–Crippen MR) is 77.3 cm³/mol. The second kappa shape index (κ2) is 5.73. The molecule has 100 valence electrons. The van der Waals surface area contributed by atoms with Crippen LogP contribution in [0.2, 0.25) is 9.49 Å². The molecule has 2 aromatic rings. The van der Waals surface area contributed by atoms with Crippen LogP contribution in [0.4, 0.5) is 11.4 Å². The van der Waals surface area contributed by atoms with Crippen molar-refractivity contribution in [2.75, 3.05) is 5.32 Å². The van der Waals surface area contributed by atoms with Crippen LogP contribution >= 0.6 is 34.5 Å². The summed E-state index contributed by atoms with van der Waals surface area (Å²) in [6.45, 7) is 2.19. The van der Waals surface area contributed by atoms with E-state index in [0.29, 0.717) is 21.7 Å². The first-order chi connectivity index (χ1) is 8.97. The first-order valence-corrected chi connectivity index (χ1v) is 6.83. The molecule has 19 heavy (non-hydrogen) atoms. The van der Waals surface area contributed by atoms with Gasteiger partial charge in [0.25, 0.3) is 5.69 Å². The average molecular weight is 318 g/mol. The standard InChI is InChI=1S/C11H9Cl2N3O2S/c1-6-2-7(12)3-9(16(17)18)10(6)14-4-8-5-15-11(13)19-8/h2-3,5,14H,4H2,1H3. The molecule has 0 saturated carbocycles. The summed E-state index contributed by atoms with van der Waals surface area (Å²) in [5.74, 6) is 0. The summed E-state index contributed by atoms with van der Waals surface area (Å²) in [5, 5.41) is 14.4. The Morgan fingerprint density at radius 3 is 2.79 bits per heavy atom. The number of hydrogen-bond acceptors (Lipinski definition) is 5. The van der Waals surface area contributed by atoms with Crippen molar-refractivity contribution in [2.45, 2.75) is 13.5 Å². The van der Waals surface area contributed by atoms with Gasteiger partial charge in [0.1, 0.15) is 5.69 Å². The highest BCUT2D eigenvalue weighted by Gasteiger charge is 2.17. The van der Waals surface area contributed by atoms with Crippen molar-refractivity contribution in [3.05, 3.63) is 48.4 Å². The summed E-state index contributed by atoms with van der Waals surface area (Å²) in [6, 6.07) is 3.01. The Morgan fingerprint density at radius 1 is 1.47 bits per heavy atom. The number of halogens is 2. The van der Waals surface area contributed by atoms with Gasteiger partial charge < -0.3 is 5.32 Å². The van der Waals surface area contributed by atoms with E-state index in [1.54, 1.807) is 19.2 Å². The van der Waals surface area contributed by atoms with Gasteiger partial charge in [-0.15, -0.1) is 11.3 Å². The number of aryl methyl sites for hydroxylation is 1. The van der Waals surface area contributed by atoms with Crippen LogP contribution in [0.3, 0.4) is 0 Å². The van der Waals surface area contributed by atoms with Crippen LogP contribution in [0.25, 0.3) is 0 Å². The Morgan fingerprint density at radius 2 is 2.21 bits per heavy atom. The van der Waals surface area contributed by atoms with Gasteiger partial charge in [-0.25, -0.2) is 4.98 Å². The van der Waals surface area contributed by atoms with Crippen LogP contribution in [0.15, 0.2) is 18.3 Å². The van der Waals surface area contributed by atoms with Gasteiger partial charge in [-0.05, 0) is 18.6 Å². The van der Waals surface area contributed by atoms with Crippen LogP contribution < -0.4 is 5.32 Å². The molecule has 0 aliphatic carbocycles. The summed E-state index contributed by atoms with van der Waals surface area (Å²) < 4.78 is 0.444. The molecule has 0 unspecified atom stereocenters. The molecule has 0 fully saturated rings. The Kier molecular flexibility index (Phi) is 4.24. The average Bonchev–Trinajstić information content (AvgIpc) is 2.73. The lowest BCUT2D eigenvalue weighted by Crippen LogP contribution is -2.03. The smallest absolute Gasteiger partial charge is 0.294 e. The number of nitrogens with one attached hydrogen (secondary N) is 1. The molecule has 1 aromatic heterocycles. The van der Waals surface area contributed by atoms with Gasteiger partial charge in [0.05, 0.1) is 11.5 Å². The zero-order chi connectivity index (χ0) is 14.0. The fraction of sp³-hybridized carbons (Fsp3) is 0.182. The van der Waals surface area contributed by atoms with E-state index in [0.717, 1.165) is 10.4 Å². The van der Waals surface area contributed by atoms with Crippen molar-refractivity contribution in [2.24, 2.45) is 0 Å². The van der Waals surface area contributed by atoms with Gasteiger partial charge in [0.15, 0.2) is 4.47 Å². The predicted octanol–water partition coefficient (Wildman–Crippen LogP) is 4.28. The molecule has 0 radical (unpaired) electrons. The molecular formula is C11H9Cl2N3O2S. The maximum absolute atomic E-state index is 11.0. The number of aromatic nitrogens is 1. The van der Waals surface area contributed by atoms with Crippen LogP contribution in [0.5, 0.6) is 0 Å². The van der Waals surface area contributed by atoms with Gasteiger partial charge in [-0.3, -0.25) is 10.1 Å². The number of rotatable bonds is 4. The molecule has 5 nitrogen and oxygen atoms in total. The molecule has 0 atom stereocenters. The summed E-state index contributed by atoms with van der Waals surface area (Å²) in [7, 11) is 0. The summed E-state index contributed by atoms with van der Waals surface area (Å²) in [4.78, 5) is 15.4. The number of benzene rings is 1. The normalized spacial score (nSPS) is 10.5. The minimum absolute atomic E-state index is 0.0411. The molecule has 0 amide bonds. The number of hydrogen-bond donors (Lipinski definition) is 1. The van der Waals surface area contributed by atoms with E-state index in [1.807, 2.05) is 0 Å². The Hall–Kier alpha value is -1.37. The lowest BCUT2D eigenvalue weighted by atomic mass is 10.1. The first kappa shape index (κ1) is 14.0. The Balaban J connectivity index is 2.26. The monoisotopic (exact) mass is 317 g/mol. The number of nitro groups is 1. The maximum atomic E-state index is 11.0. The third-order valence-corrected chi connectivity index (χ3v) is 3.77. The zero-order valence-electron chi connectivity index (χ0n) is 9.81. The van der Waals surface area contributed by atoms with Gasteiger partial charge in [0, 0.05) is 22.2 Å². The molecule has 0 spiro atoms. The number of anilines is 1. The highest BCUT2D eigenvalue weighted by atomic mass is 35.5. The summed E-state index contributed by atoms with van der Waals surface area (Å²) in [6.07, 6.45) is 1.64. The van der Waals surface area contributed by atoms with E-state index in [2.05, 4.69) is 10.3 Å². The molecule has 8 heteroatoms. The van der Waals surface area contributed by atoms with Crippen LogP contribution in [-0.4, -0.2) is 9.91 Å². The molecule has 1 aromatic carbocycles. The minimum atomic E-state index is -0.457. The SMILES string of the molecule is Cc1cc(Cl)cc([N+](=O)[O-])c1NCc1cnc(Cl)s1. The highest BCUT2D eigenvalue weighted by Crippen LogP contribution is 2.32. The van der Waals surface area contributed by atoms with Gasteiger partial charge in [0.2, 0.25) is 0 Å². The van der Waals surface area contributed by atoms with Crippen LogP contribution in [0, 0.1) is 17.0 Å². The quantitative estimate of drug-likeness (QED) is 0.675. The molecule has 1 N–H and O–H groups in total. The van der Waals surface area contributed by atoms with Crippen molar-refractivity contribution >= 4 is 45.9 Å². The van der Waals surface area contributed by atoms with Gasteiger partial charge in [-0.1, -0.05) is 23.2 Å². The van der Waals surface area contributed by atoms with E-state index in [-0.39, 0.29) is 5.69 Å². The number of nitrogens with zero attached hydrogens (tertiary/aromatic N) is 2. The fourth-order valence-electron chi connectivity index (χ4n) is 1.64. The minimum Gasteiger partial charge on any atom is -0.374 e. The third-order valence-electron chi connectivity index (χ3n) is 2.44. The number of nitro benzene ring substituents is 1. The lowest BCUT2D eigenvalue weighted by Gasteiger charge is -2.09. The molecule has 0 bridgehead atoms. The van der Waals surface area contributed by atoms with Gasteiger partial charge >= 0.3 is 0 Å². The van der Waals surface area contributed by atoms with Crippen molar-refractivity contribution in [1.82, 2.24) is 4.98 Å². The van der Waals surface area contributed by atoms with Gasteiger partial charge in [-0.2, -0.15) is 0 Å².